The van der Waals surface area contributed by atoms with Crippen LogP contribution in [0.15, 0.2) is 30.3 Å². The monoisotopic (exact) mass is 292 g/mol. The summed E-state index contributed by atoms with van der Waals surface area (Å²) in [6.45, 7) is 4.63. The van der Waals surface area contributed by atoms with Gasteiger partial charge in [0.1, 0.15) is 0 Å². The van der Waals surface area contributed by atoms with E-state index in [9.17, 15) is 0 Å². The number of ether oxygens (including phenoxy) is 2. The summed E-state index contributed by atoms with van der Waals surface area (Å²) in [6.07, 6.45) is 2.24. The first-order valence-electron chi connectivity index (χ1n) is 7.73. The molecule has 3 unspecified atom stereocenters. The lowest BCUT2D eigenvalue weighted by Gasteiger charge is -2.41. The number of methoxy groups -OCH3 is 2. The fourth-order valence-corrected chi connectivity index (χ4v) is 3.37. The number of likely N-dealkylation sites (tertiary alicyclic amines) is 1. The normalized spacial score (nSPS) is 25.9. The van der Waals surface area contributed by atoms with Crippen LogP contribution in [0.25, 0.3) is 0 Å². The third-order valence-corrected chi connectivity index (χ3v) is 4.91. The molecule has 1 heterocycles. The summed E-state index contributed by atoms with van der Waals surface area (Å²) in [6, 6.07) is 10.6. The predicted octanol–water partition coefficient (Wildman–Crippen LogP) is 1.68. The van der Waals surface area contributed by atoms with E-state index in [1.165, 1.54) is 5.56 Å². The van der Waals surface area contributed by atoms with Crippen molar-refractivity contribution in [3.63, 3.8) is 0 Å². The van der Waals surface area contributed by atoms with Crippen LogP contribution in [0.2, 0.25) is 0 Å². The van der Waals surface area contributed by atoms with E-state index >= 15 is 0 Å². The molecule has 0 amide bonds. The summed E-state index contributed by atoms with van der Waals surface area (Å²) in [4.78, 5) is 2.46. The van der Waals surface area contributed by atoms with Crippen LogP contribution in [0.5, 0.6) is 0 Å². The summed E-state index contributed by atoms with van der Waals surface area (Å²) < 4.78 is 11.1. The fourth-order valence-electron chi connectivity index (χ4n) is 3.37. The molecule has 2 rings (SSSR count). The molecule has 0 saturated carbocycles. The molecular weight excluding hydrogens is 264 g/mol. The number of benzene rings is 1. The SMILES string of the molecule is CCC(CN)(Cc1ccccc1)N1CC(OC)C(OC)C1. The first-order chi connectivity index (χ1) is 10.2. The Kier molecular flexibility index (Phi) is 5.76. The van der Waals surface area contributed by atoms with Gasteiger partial charge in [0.2, 0.25) is 0 Å². The number of nitrogens with zero attached hydrogens (tertiary/aromatic N) is 1. The van der Waals surface area contributed by atoms with Gasteiger partial charge in [-0.2, -0.15) is 0 Å². The number of hydrogen-bond donors (Lipinski definition) is 1. The van der Waals surface area contributed by atoms with Gasteiger partial charge in [-0.05, 0) is 18.4 Å². The Hall–Kier alpha value is -0.940. The quantitative estimate of drug-likeness (QED) is 0.831. The van der Waals surface area contributed by atoms with Gasteiger partial charge in [-0.1, -0.05) is 37.3 Å². The Labute approximate surface area is 128 Å². The molecule has 4 nitrogen and oxygen atoms in total. The molecular formula is C17H28N2O2. The Morgan fingerprint density at radius 1 is 1.14 bits per heavy atom. The lowest BCUT2D eigenvalue weighted by molar-refractivity contribution is -0.00461. The van der Waals surface area contributed by atoms with E-state index in [1.54, 1.807) is 14.2 Å². The highest BCUT2D eigenvalue weighted by atomic mass is 16.5. The molecule has 0 aliphatic carbocycles. The van der Waals surface area contributed by atoms with Gasteiger partial charge in [0.05, 0.1) is 12.2 Å². The maximum atomic E-state index is 6.20. The van der Waals surface area contributed by atoms with Crippen molar-refractivity contribution in [2.45, 2.75) is 37.5 Å². The van der Waals surface area contributed by atoms with Gasteiger partial charge in [0.25, 0.3) is 0 Å². The molecule has 1 saturated heterocycles. The zero-order chi connectivity index (χ0) is 15.3. The maximum absolute atomic E-state index is 6.20. The van der Waals surface area contributed by atoms with Gasteiger partial charge >= 0.3 is 0 Å². The lowest BCUT2D eigenvalue weighted by atomic mass is 9.86. The molecule has 1 aromatic rings. The third-order valence-electron chi connectivity index (χ3n) is 4.91. The molecule has 1 aliphatic heterocycles. The highest BCUT2D eigenvalue weighted by Gasteiger charge is 2.43. The summed E-state index contributed by atoms with van der Waals surface area (Å²) in [5, 5.41) is 0. The number of hydrogen-bond acceptors (Lipinski definition) is 4. The van der Waals surface area contributed by atoms with Gasteiger partial charge in [-0.15, -0.1) is 0 Å². The first-order valence-corrected chi connectivity index (χ1v) is 7.73. The van der Waals surface area contributed by atoms with Crippen LogP contribution in [0.3, 0.4) is 0 Å². The molecule has 4 heteroatoms. The van der Waals surface area contributed by atoms with E-state index in [0.717, 1.165) is 25.9 Å². The van der Waals surface area contributed by atoms with Gasteiger partial charge in [-0.25, -0.2) is 0 Å². The molecule has 1 aromatic carbocycles. The van der Waals surface area contributed by atoms with Crippen molar-refractivity contribution in [2.75, 3.05) is 33.9 Å². The van der Waals surface area contributed by atoms with Crippen LogP contribution in [-0.2, 0) is 15.9 Å². The molecule has 2 N–H and O–H groups in total. The minimum atomic E-state index is -0.0224. The molecule has 0 bridgehead atoms. The molecule has 3 atom stereocenters. The van der Waals surface area contributed by atoms with Crippen LogP contribution in [0.4, 0.5) is 0 Å². The van der Waals surface area contributed by atoms with Gasteiger partial charge in [-0.3, -0.25) is 4.90 Å². The highest BCUT2D eigenvalue weighted by molar-refractivity contribution is 5.19. The molecule has 0 spiro atoms. The van der Waals surface area contributed by atoms with Gasteiger partial charge in [0.15, 0.2) is 0 Å². The van der Waals surface area contributed by atoms with Crippen molar-refractivity contribution in [3.8, 4) is 0 Å². The number of rotatable bonds is 7. The van der Waals surface area contributed by atoms with E-state index in [1.807, 2.05) is 0 Å². The van der Waals surface area contributed by atoms with Crippen molar-refractivity contribution in [1.29, 1.82) is 0 Å². The van der Waals surface area contributed by atoms with Crippen LogP contribution in [0.1, 0.15) is 18.9 Å². The molecule has 1 aliphatic rings. The smallest absolute Gasteiger partial charge is 0.0972 e. The standard InChI is InChI=1S/C17H28N2O2/c1-4-17(13-18,10-14-8-6-5-7-9-14)19-11-15(20-2)16(12-19)21-3/h5-9,15-16H,4,10-13,18H2,1-3H3. The summed E-state index contributed by atoms with van der Waals surface area (Å²) in [7, 11) is 3.51. The summed E-state index contributed by atoms with van der Waals surface area (Å²) in [5.74, 6) is 0. The van der Waals surface area contributed by atoms with Crippen LogP contribution in [-0.4, -0.2) is 56.5 Å². The van der Waals surface area contributed by atoms with E-state index in [2.05, 4.69) is 42.2 Å². The average molecular weight is 292 g/mol. The summed E-state index contributed by atoms with van der Waals surface area (Å²) in [5.41, 5.74) is 7.51. The minimum Gasteiger partial charge on any atom is -0.377 e. The van der Waals surface area contributed by atoms with Crippen LogP contribution >= 0.6 is 0 Å². The van der Waals surface area contributed by atoms with Crippen molar-refractivity contribution < 1.29 is 9.47 Å². The third kappa shape index (κ3) is 3.46. The zero-order valence-electron chi connectivity index (χ0n) is 13.4. The minimum absolute atomic E-state index is 0.0224. The first kappa shape index (κ1) is 16.4. The molecule has 0 radical (unpaired) electrons. The molecule has 1 fully saturated rings. The second-order valence-corrected chi connectivity index (χ2v) is 5.90. The Morgan fingerprint density at radius 3 is 2.14 bits per heavy atom. The maximum Gasteiger partial charge on any atom is 0.0972 e. The number of nitrogens with two attached hydrogens (primary N) is 1. The zero-order valence-corrected chi connectivity index (χ0v) is 13.4. The molecule has 21 heavy (non-hydrogen) atoms. The van der Waals surface area contributed by atoms with Gasteiger partial charge in [0, 0.05) is 39.4 Å². The fraction of sp³-hybridized carbons (Fsp3) is 0.647. The van der Waals surface area contributed by atoms with Crippen LogP contribution in [0, 0.1) is 0 Å². The molecule has 0 aromatic heterocycles. The predicted molar refractivity (Wildman–Crippen MR) is 85.4 cm³/mol. The van der Waals surface area contributed by atoms with Gasteiger partial charge < -0.3 is 15.2 Å². The second kappa shape index (κ2) is 7.36. The van der Waals surface area contributed by atoms with Crippen molar-refractivity contribution in [2.24, 2.45) is 5.73 Å². The Bertz CT molecular complexity index is 408. The largest absolute Gasteiger partial charge is 0.377 e. The van der Waals surface area contributed by atoms with E-state index in [-0.39, 0.29) is 17.7 Å². The van der Waals surface area contributed by atoms with Crippen molar-refractivity contribution in [1.82, 2.24) is 4.90 Å². The highest BCUT2D eigenvalue weighted by Crippen LogP contribution is 2.30. The topological polar surface area (TPSA) is 47.7 Å². The Balaban J connectivity index is 2.18. The van der Waals surface area contributed by atoms with E-state index < -0.39 is 0 Å². The van der Waals surface area contributed by atoms with Crippen molar-refractivity contribution >= 4 is 0 Å². The lowest BCUT2D eigenvalue weighted by Crippen LogP contribution is -2.54. The average Bonchev–Trinajstić information content (AvgIpc) is 2.97. The second-order valence-electron chi connectivity index (χ2n) is 5.90. The molecule has 118 valence electrons. The van der Waals surface area contributed by atoms with E-state index in [0.29, 0.717) is 6.54 Å². The van der Waals surface area contributed by atoms with E-state index in [4.69, 9.17) is 15.2 Å². The summed E-state index contributed by atoms with van der Waals surface area (Å²) >= 11 is 0. The van der Waals surface area contributed by atoms with Crippen molar-refractivity contribution in [3.05, 3.63) is 35.9 Å². The van der Waals surface area contributed by atoms with Crippen LogP contribution < -0.4 is 5.73 Å². The Morgan fingerprint density at radius 2 is 1.71 bits per heavy atom.